The monoisotopic (exact) mass is 412 g/mol. The predicted molar refractivity (Wildman–Crippen MR) is 98.6 cm³/mol. The summed E-state index contributed by atoms with van der Waals surface area (Å²) in [6, 6.07) is 0. The maximum Gasteiger partial charge on any atom is 0.472 e. The van der Waals surface area contributed by atoms with Crippen LogP contribution in [0.4, 0.5) is 0 Å². The molecule has 0 aromatic carbocycles. The Morgan fingerprint density at radius 2 is 1.56 bits per heavy atom. The predicted octanol–water partition coefficient (Wildman–Crippen LogP) is 1.98. The molecule has 0 bridgehead atoms. The van der Waals surface area contributed by atoms with E-state index in [-0.39, 0.29) is 26.1 Å². The second kappa shape index (κ2) is 16.0. The minimum atomic E-state index is -4.27. The zero-order valence-electron chi connectivity index (χ0n) is 16.5. The summed E-state index contributed by atoms with van der Waals surface area (Å²) < 4.78 is 31.6. The van der Waals surface area contributed by atoms with Gasteiger partial charge in [-0.05, 0) is 12.8 Å². The van der Waals surface area contributed by atoms with E-state index in [1.807, 2.05) is 13.8 Å². The molecule has 2 atom stereocenters. The Labute approximate surface area is 161 Å². The number of quaternary nitrogens is 1. The van der Waals surface area contributed by atoms with Gasteiger partial charge in [-0.2, -0.15) is 0 Å². The van der Waals surface area contributed by atoms with E-state index >= 15 is 0 Å². The van der Waals surface area contributed by atoms with Gasteiger partial charge < -0.3 is 20.1 Å². The summed E-state index contributed by atoms with van der Waals surface area (Å²) in [5, 5.41) is 0. The minimum Gasteiger partial charge on any atom is -0.462 e. The van der Waals surface area contributed by atoms with Crippen molar-refractivity contribution in [2.45, 2.75) is 71.3 Å². The Bertz CT molecular complexity index is 460. The highest BCUT2D eigenvalue weighted by Crippen LogP contribution is 2.42. The van der Waals surface area contributed by atoms with Crippen molar-refractivity contribution >= 4 is 19.8 Å². The highest BCUT2D eigenvalue weighted by molar-refractivity contribution is 7.47. The first kappa shape index (κ1) is 26.0. The van der Waals surface area contributed by atoms with Crippen LogP contribution in [0.15, 0.2) is 0 Å². The van der Waals surface area contributed by atoms with Gasteiger partial charge in [-0.25, -0.2) is 4.57 Å². The number of carbonyl (C=O) groups is 2. The number of hydrogen-bond acceptors (Lipinski definition) is 7. The molecule has 160 valence electrons. The van der Waals surface area contributed by atoms with Crippen LogP contribution in [0.3, 0.4) is 0 Å². The lowest BCUT2D eigenvalue weighted by molar-refractivity contribution is -0.371. The fourth-order valence-corrected chi connectivity index (χ4v) is 2.84. The molecule has 0 heterocycles. The van der Waals surface area contributed by atoms with E-state index in [2.05, 4.69) is 10.3 Å². The Morgan fingerprint density at radius 1 is 0.963 bits per heavy atom. The lowest BCUT2D eigenvalue weighted by Crippen LogP contribution is -2.52. The number of rotatable bonds is 17. The summed E-state index contributed by atoms with van der Waals surface area (Å²) in [4.78, 5) is 33.2. The zero-order valence-corrected chi connectivity index (χ0v) is 17.4. The molecule has 27 heavy (non-hydrogen) atoms. The van der Waals surface area contributed by atoms with Crippen molar-refractivity contribution in [2.24, 2.45) is 0 Å². The van der Waals surface area contributed by atoms with Crippen LogP contribution >= 0.6 is 7.82 Å². The lowest BCUT2D eigenvalue weighted by Gasteiger charge is -2.19. The third-order valence-electron chi connectivity index (χ3n) is 3.52. The molecule has 1 unspecified atom stereocenters. The van der Waals surface area contributed by atoms with Crippen molar-refractivity contribution in [3.05, 3.63) is 0 Å². The van der Waals surface area contributed by atoms with E-state index in [1.54, 1.807) is 0 Å². The van der Waals surface area contributed by atoms with Crippen LogP contribution in [-0.2, 0) is 32.7 Å². The third kappa shape index (κ3) is 15.7. The van der Waals surface area contributed by atoms with Crippen molar-refractivity contribution in [3.8, 4) is 0 Å². The van der Waals surface area contributed by atoms with E-state index < -0.39 is 32.5 Å². The molecule has 0 aliphatic carbocycles. The maximum atomic E-state index is 11.9. The summed E-state index contributed by atoms with van der Waals surface area (Å²) in [6.07, 6.45) is 4.70. The normalized spacial score (nSPS) is 14.4. The second-order valence-electron chi connectivity index (χ2n) is 6.16. The Hall–Kier alpha value is -0.990. The van der Waals surface area contributed by atoms with Gasteiger partial charge in [0.25, 0.3) is 0 Å². The number of carbonyl (C=O) groups excluding carboxylic acids is 2. The van der Waals surface area contributed by atoms with Crippen molar-refractivity contribution in [1.29, 1.82) is 0 Å². The molecule has 10 heteroatoms. The van der Waals surface area contributed by atoms with Crippen LogP contribution in [0, 0.1) is 0 Å². The molecule has 0 spiro atoms. The van der Waals surface area contributed by atoms with Crippen LogP contribution < -0.4 is 5.73 Å². The van der Waals surface area contributed by atoms with Crippen molar-refractivity contribution < 1.29 is 43.3 Å². The molecule has 0 aromatic rings. The number of phosphoric ester groups is 1. The molecule has 0 fully saturated rings. The summed E-state index contributed by atoms with van der Waals surface area (Å²) >= 11 is 0. The third-order valence-corrected chi connectivity index (χ3v) is 4.50. The average molecular weight is 412 g/mol. The Balaban J connectivity index is 4.53. The van der Waals surface area contributed by atoms with Crippen molar-refractivity contribution in [2.75, 3.05) is 26.4 Å². The molecule has 0 saturated carbocycles. The quantitative estimate of drug-likeness (QED) is 0.210. The number of phosphoric acid groups is 1. The SMILES string of the molecule is CCCCCC(=O)OC[C@H](COP(=O)(O)OCC[NH3+])OC(=O)CCCCC. The van der Waals surface area contributed by atoms with Crippen molar-refractivity contribution in [3.63, 3.8) is 0 Å². The van der Waals surface area contributed by atoms with Crippen LogP contribution in [0.5, 0.6) is 0 Å². The molecule has 0 aliphatic heterocycles. The van der Waals surface area contributed by atoms with Crippen LogP contribution in [0.2, 0.25) is 0 Å². The molecule has 0 aromatic heterocycles. The largest absolute Gasteiger partial charge is 0.472 e. The molecule has 0 aliphatic rings. The van der Waals surface area contributed by atoms with Gasteiger partial charge in [0.05, 0.1) is 13.2 Å². The fraction of sp³-hybridized carbons (Fsp3) is 0.882. The Morgan fingerprint density at radius 3 is 2.11 bits per heavy atom. The van der Waals surface area contributed by atoms with Gasteiger partial charge in [-0.15, -0.1) is 0 Å². The second-order valence-corrected chi connectivity index (χ2v) is 7.61. The van der Waals surface area contributed by atoms with Gasteiger partial charge in [0, 0.05) is 12.8 Å². The zero-order chi connectivity index (χ0) is 20.5. The topological polar surface area (TPSA) is 136 Å². The summed E-state index contributed by atoms with van der Waals surface area (Å²) in [7, 11) is -4.27. The van der Waals surface area contributed by atoms with Gasteiger partial charge in [-0.3, -0.25) is 18.6 Å². The molecular formula is C17H35NO8P+. The maximum absolute atomic E-state index is 11.9. The summed E-state index contributed by atoms with van der Waals surface area (Å²) in [5.74, 6) is -0.874. The smallest absolute Gasteiger partial charge is 0.462 e. The first-order chi connectivity index (χ1) is 12.8. The first-order valence-electron chi connectivity index (χ1n) is 9.60. The molecule has 0 radical (unpaired) electrons. The molecule has 4 N–H and O–H groups in total. The standard InChI is InChI=1S/C17H34NO8P/c1-3-5-7-9-16(19)23-13-15(26-17(20)10-8-6-4-2)14-25-27(21,22)24-12-11-18/h15H,3-14,18H2,1-2H3,(H,21,22)/p+1/t15-/m1/s1. The number of unbranched alkanes of at least 4 members (excludes halogenated alkanes) is 4. The highest BCUT2D eigenvalue weighted by atomic mass is 31.2. The van der Waals surface area contributed by atoms with Gasteiger partial charge >= 0.3 is 19.8 Å². The molecule has 0 rings (SSSR count). The molecule has 9 nitrogen and oxygen atoms in total. The molecule has 0 amide bonds. The van der Waals surface area contributed by atoms with Gasteiger partial charge in [0.1, 0.15) is 13.2 Å². The van der Waals surface area contributed by atoms with E-state index in [1.165, 1.54) is 0 Å². The van der Waals surface area contributed by atoms with Crippen molar-refractivity contribution in [1.82, 2.24) is 0 Å². The number of esters is 2. The van der Waals surface area contributed by atoms with E-state index in [0.717, 1.165) is 32.1 Å². The van der Waals surface area contributed by atoms with E-state index in [0.29, 0.717) is 13.0 Å². The van der Waals surface area contributed by atoms with Crippen LogP contribution in [0.25, 0.3) is 0 Å². The Kier molecular flexibility index (Phi) is 15.4. The number of hydrogen-bond donors (Lipinski definition) is 2. The van der Waals surface area contributed by atoms with Gasteiger partial charge in [0.2, 0.25) is 0 Å². The lowest BCUT2D eigenvalue weighted by atomic mass is 10.2. The van der Waals surface area contributed by atoms with Crippen LogP contribution in [0.1, 0.15) is 65.2 Å². The molecule has 0 saturated heterocycles. The summed E-state index contributed by atoms with van der Waals surface area (Å²) in [5.41, 5.74) is 3.50. The first-order valence-corrected chi connectivity index (χ1v) is 11.1. The molecular weight excluding hydrogens is 377 g/mol. The van der Waals surface area contributed by atoms with Crippen LogP contribution in [-0.4, -0.2) is 49.3 Å². The summed E-state index contributed by atoms with van der Waals surface area (Å²) in [6.45, 7) is 3.67. The highest BCUT2D eigenvalue weighted by Gasteiger charge is 2.26. The van der Waals surface area contributed by atoms with E-state index in [4.69, 9.17) is 14.0 Å². The van der Waals surface area contributed by atoms with E-state index in [9.17, 15) is 19.0 Å². The van der Waals surface area contributed by atoms with Gasteiger partial charge in [0.15, 0.2) is 6.10 Å². The average Bonchev–Trinajstić information content (AvgIpc) is 2.63. The fourth-order valence-electron chi connectivity index (χ4n) is 2.05. The van der Waals surface area contributed by atoms with Gasteiger partial charge in [-0.1, -0.05) is 39.5 Å². The minimum absolute atomic E-state index is 0.0400. The number of ether oxygens (including phenoxy) is 2.